The molecule has 0 saturated carbocycles. The van der Waals surface area contributed by atoms with Gasteiger partial charge in [0.15, 0.2) is 5.82 Å². The highest BCUT2D eigenvalue weighted by molar-refractivity contribution is 7.09. The first kappa shape index (κ1) is 20.1. The summed E-state index contributed by atoms with van der Waals surface area (Å²) in [6.07, 6.45) is 0. The molecule has 0 N–H and O–H groups in total. The molecule has 5 rings (SSSR count). The van der Waals surface area contributed by atoms with Crippen molar-refractivity contribution in [2.24, 2.45) is 0 Å². The van der Waals surface area contributed by atoms with Crippen molar-refractivity contribution in [1.82, 2.24) is 30.0 Å². The number of tetrazole rings is 1. The Balaban J connectivity index is 1.36. The van der Waals surface area contributed by atoms with Crippen LogP contribution in [0.15, 0.2) is 78.2 Å². The number of nitrogens with zero attached hydrogens (tertiary/aromatic N) is 6. The van der Waals surface area contributed by atoms with E-state index in [1.807, 2.05) is 4.68 Å². The SMILES string of the molecule is c1ccc(CN2CCN([C@@H](c3ccccc3)c3nnnn3Cc3cccs3)CC2)cc1. The van der Waals surface area contributed by atoms with Gasteiger partial charge in [0, 0.05) is 37.6 Å². The molecule has 31 heavy (non-hydrogen) atoms. The van der Waals surface area contributed by atoms with Crippen molar-refractivity contribution in [2.45, 2.75) is 19.1 Å². The first-order chi connectivity index (χ1) is 15.4. The molecule has 1 fully saturated rings. The molecule has 6 nitrogen and oxygen atoms in total. The van der Waals surface area contributed by atoms with Crippen molar-refractivity contribution in [3.8, 4) is 0 Å². The summed E-state index contributed by atoms with van der Waals surface area (Å²) in [5.74, 6) is 0.913. The second-order valence-corrected chi connectivity index (χ2v) is 8.92. The highest BCUT2D eigenvalue weighted by Gasteiger charge is 2.30. The Kier molecular flexibility index (Phi) is 6.15. The van der Waals surface area contributed by atoms with E-state index < -0.39 is 0 Å². The summed E-state index contributed by atoms with van der Waals surface area (Å²) < 4.78 is 1.96. The number of thiophene rings is 1. The first-order valence-electron chi connectivity index (χ1n) is 10.7. The molecule has 1 saturated heterocycles. The molecule has 0 amide bonds. The van der Waals surface area contributed by atoms with Crippen LogP contribution < -0.4 is 0 Å². The average molecular weight is 431 g/mol. The highest BCUT2D eigenvalue weighted by Crippen LogP contribution is 2.28. The molecule has 0 unspecified atom stereocenters. The molecule has 3 heterocycles. The van der Waals surface area contributed by atoms with E-state index in [0.29, 0.717) is 6.54 Å². The highest BCUT2D eigenvalue weighted by atomic mass is 32.1. The van der Waals surface area contributed by atoms with Crippen molar-refractivity contribution in [2.75, 3.05) is 26.2 Å². The maximum absolute atomic E-state index is 4.49. The fourth-order valence-corrected chi connectivity index (χ4v) is 4.94. The Morgan fingerprint density at radius 3 is 2.26 bits per heavy atom. The van der Waals surface area contributed by atoms with E-state index in [0.717, 1.165) is 38.5 Å². The summed E-state index contributed by atoms with van der Waals surface area (Å²) in [6.45, 7) is 5.74. The predicted molar refractivity (Wildman–Crippen MR) is 123 cm³/mol. The molecular weight excluding hydrogens is 404 g/mol. The van der Waals surface area contributed by atoms with Gasteiger partial charge >= 0.3 is 0 Å². The lowest BCUT2D eigenvalue weighted by Gasteiger charge is -2.39. The van der Waals surface area contributed by atoms with Crippen molar-refractivity contribution in [3.05, 3.63) is 100 Å². The smallest absolute Gasteiger partial charge is 0.173 e. The molecule has 1 aliphatic heterocycles. The number of piperazine rings is 1. The van der Waals surface area contributed by atoms with Crippen LogP contribution in [0.3, 0.4) is 0 Å². The first-order valence-corrected chi connectivity index (χ1v) is 11.6. The van der Waals surface area contributed by atoms with Gasteiger partial charge < -0.3 is 0 Å². The van der Waals surface area contributed by atoms with Gasteiger partial charge in [-0.3, -0.25) is 9.80 Å². The van der Waals surface area contributed by atoms with Crippen LogP contribution in [0, 0.1) is 0 Å². The minimum atomic E-state index is 0.0510. The Morgan fingerprint density at radius 1 is 0.806 bits per heavy atom. The zero-order chi connectivity index (χ0) is 20.9. The van der Waals surface area contributed by atoms with Crippen LogP contribution in [0.2, 0.25) is 0 Å². The van der Waals surface area contributed by atoms with Crippen LogP contribution in [-0.2, 0) is 13.1 Å². The molecule has 0 bridgehead atoms. The molecule has 1 aliphatic rings. The Bertz CT molecular complexity index is 1060. The molecule has 0 radical (unpaired) electrons. The van der Waals surface area contributed by atoms with Gasteiger partial charge in [0.25, 0.3) is 0 Å². The standard InChI is InChI=1S/C24H26N6S/c1-3-8-20(9-4-1)18-28-13-15-29(16-14-28)23(21-10-5-2-6-11-21)24-25-26-27-30(24)19-22-12-7-17-31-22/h1-12,17,23H,13-16,18-19H2/t23-/m0/s1. The molecule has 2 aromatic carbocycles. The monoisotopic (exact) mass is 430 g/mol. The summed E-state index contributed by atoms with van der Waals surface area (Å²) in [5.41, 5.74) is 2.61. The molecule has 7 heteroatoms. The lowest BCUT2D eigenvalue weighted by molar-refractivity contribution is 0.100. The summed E-state index contributed by atoms with van der Waals surface area (Å²) >= 11 is 1.74. The quantitative estimate of drug-likeness (QED) is 0.448. The Labute approximate surface area is 186 Å². The predicted octanol–water partition coefficient (Wildman–Crippen LogP) is 3.69. The maximum atomic E-state index is 4.49. The zero-order valence-electron chi connectivity index (χ0n) is 17.4. The molecule has 1 atom stereocenters. The summed E-state index contributed by atoms with van der Waals surface area (Å²) in [4.78, 5) is 6.31. The summed E-state index contributed by atoms with van der Waals surface area (Å²) in [7, 11) is 0. The van der Waals surface area contributed by atoms with Gasteiger partial charge in [-0.15, -0.1) is 16.4 Å². The molecule has 2 aromatic heterocycles. The van der Waals surface area contributed by atoms with Crippen LogP contribution in [0.1, 0.15) is 27.9 Å². The normalized spacial score (nSPS) is 16.4. The van der Waals surface area contributed by atoms with E-state index in [9.17, 15) is 0 Å². The van der Waals surface area contributed by atoms with Gasteiger partial charge in [-0.1, -0.05) is 66.7 Å². The van der Waals surface area contributed by atoms with Crippen molar-refractivity contribution in [1.29, 1.82) is 0 Å². The zero-order valence-corrected chi connectivity index (χ0v) is 18.2. The van der Waals surface area contributed by atoms with Crippen molar-refractivity contribution in [3.63, 3.8) is 0 Å². The van der Waals surface area contributed by atoms with E-state index in [1.54, 1.807) is 11.3 Å². The van der Waals surface area contributed by atoms with Gasteiger partial charge in [-0.25, -0.2) is 4.68 Å². The third kappa shape index (κ3) is 4.74. The molecule has 4 aromatic rings. The third-order valence-electron chi connectivity index (χ3n) is 5.83. The van der Waals surface area contributed by atoms with E-state index >= 15 is 0 Å². The van der Waals surface area contributed by atoms with Crippen LogP contribution in [0.4, 0.5) is 0 Å². The van der Waals surface area contributed by atoms with E-state index in [2.05, 4.69) is 104 Å². The van der Waals surface area contributed by atoms with Gasteiger partial charge in [-0.05, 0) is 33.0 Å². The number of benzene rings is 2. The Hall–Kier alpha value is -2.87. The fraction of sp³-hybridized carbons (Fsp3) is 0.292. The molecular formula is C24H26N6S. The average Bonchev–Trinajstić information content (AvgIpc) is 3.50. The van der Waals surface area contributed by atoms with Crippen LogP contribution >= 0.6 is 11.3 Å². The van der Waals surface area contributed by atoms with Crippen LogP contribution in [-0.4, -0.2) is 56.2 Å². The van der Waals surface area contributed by atoms with Crippen LogP contribution in [0.25, 0.3) is 0 Å². The number of aromatic nitrogens is 4. The van der Waals surface area contributed by atoms with E-state index in [4.69, 9.17) is 0 Å². The fourth-order valence-electron chi connectivity index (χ4n) is 4.25. The number of hydrogen-bond acceptors (Lipinski definition) is 6. The Morgan fingerprint density at radius 2 is 1.55 bits per heavy atom. The summed E-state index contributed by atoms with van der Waals surface area (Å²) in [5, 5.41) is 15.0. The molecule has 158 valence electrons. The van der Waals surface area contributed by atoms with E-state index in [-0.39, 0.29) is 6.04 Å². The number of hydrogen-bond donors (Lipinski definition) is 0. The second kappa shape index (κ2) is 9.51. The van der Waals surface area contributed by atoms with E-state index in [1.165, 1.54) is 16.0 Å². The largest absolute Gasteiger partial charge is 0.297 e. The maximum Gasteiger partial charge on any atom is 0.173 e. The third-order valence-corrected chi connectivity index (χ3v) is 6.69. The molecule has 0 aliphatic carbocycles. The minimum absolute atomic E-state index is 0.0510. The minimum Gasteiger partial charge on any atom is -0.297 e. The van der Waals surface area contributed by atoms with Crippen molar-refractivity contribution >= 4 is 11.3 Å². The van der Waals surface area contributed by atoms with Gasteiger partial charge in [0.1, 0.15) is 0 Å². The second-order valence-electron chi connectivity index (χ2n) is 7.89. The summed E-state index contributed by atoms with van der Waals surface area (Å²) in [6, 6.07) is 25.6. The molecule has 0 spiro atoms. The van der Waals surface area contributed by atoms with Gasteiger partial charge in [0.05, 0.1) is 12.6 Å². The topological polar surface area (TPSA) is 50.1 Å². The van der Waals surface area contributed by atoms with Gasteiger partial charge in [-0.2, -0.15) is 0 Å². The van der Waals surface area contributed by atoms with Crippen LogP contribution in [0.5, 0.6) is 0 Å². The lowest BCUT2D eigenvalue weighted by atomic mass is 10.0. The lowest BCUT2D eigenvalue weighted by Crippen LogP contribution is -2.47. The van der Waals surface area contributed by atoms with Crippen molar-refractivity contribution < 1.29 is 0 Å². The van der Waals surface area contributed by atoms with Gasteiger partial charge in [0.2, 0.25) is 0 Å². The number of rotatable bonds is 7.